The molecule has 0 radical (unpaired) electrons. The fourth-order valence-electron chi connectivity index (χ4n) is 0.463. The molecule has 0 aromatic carbocycles. The number of aromatic nitrogens is 3. The second kappa shape index (κ2) is 3.34. The summed E-state index contributed by atoms with van der Waals surface area (Å²) in [6.07, 6.45) is 0. The van der Waals surface area contributed by atoms with Crippen LogP contribution < -0.4 is 6.15 Å². The summed E-state index contributed by atoms with van der Waals surface area (Å²) in [5, 5.41) is 27.5. The molecule has 0 aliphatic heterocycles. The Morgan fingerprint density at radius 1 is 1.25 bits per heavy atom. The maximum atomic E-state index is 9.98. The summed E-state index contributed by atoms with van der Waals surface area (Å²) in [6, 6.07) is 0. The zero-order valence-electron chi connectivity index (χ0n) is 5.63. The molecular formula is C2H4N6O4. The molecule has 0 saturated heterocycles. The molecule has 0 spiro atoms. The summed E-state index contributed by atoms with van der Waals surface area (Å²) < 4.78 is 0. The van der Waals surface area contributed by atoms with Crippen molar-refractivity contribution in [3.63, 3.8) is 0 Å². The molecule has 1 rings (SSSR count). The zero-order valence-corrected chi connectivity index (χ0v) is 5.63. The minimum absolute atomic E-state index is 0. The molecule has 0 atom stereocenters. The zero-order chi connectivity index (χ0) is 8.43. The van der Waals surface area contributed by atoms with Crippen molar-refractivity contribution in [1.29, 1.82) is 0 Å². The second-order valence-corrected chi connectivity index (χ2v) is 1.50. The van der Waals surface area contributed by atoms with Crippen molar-refractivity contribution in [2.24, 2.45) is 0 Å². The number of rotatable bonds is 2. The first-order valence-corrected chi connectivity index (χ1v) is 2.32. The van der Waals surface area contributed by atoms with Gasteiger partial charge in [-0.05, 0) is 9.85 Å². The Bertz CT molecular complexity index is 276. The van der Waals surface area contributed by atoms with E-state index in [1.54, 1.807) is 5.10 Å². The highest BCUT2D eigenvalue weighted by Crippen LogP contribution is 2.18. The van der Waals surface area contributed by atoms with Gasteiger partial charge in [0.25, 0.3) is 0 Å². The number of nitrogens with zero attached hydrogens (tertiary/aromatic N) is 4. The van der Waals surface area contributed by atoms with Crippen LogP contribution >= 0.6 is 0 Å². The molecule has 0 bridgehead atoms. The molecule has 1 aromatic rings. The number of hydrogen-bond donors (Lipinski definition) is 2. The summed E-state index contributed by atoms with van der Waals surface area (Å²) in [7, 11) is 0. The van der Waals surface area contributed by atoms with Gasteiger partial charge in [0.15, 0.2) is 0 Å². The average Bonchev–Trinajstić information content (AvgIpc) is 2.32. The van der Waals surface area contributed by atoms with E-state index in [2.05, 4.69) is 10.3 Å². The molecule has 0 aliphatic rings. The monoisotopic (exact) mass is 176 g/mol. The van der Waals surface area contributed by atoms with E-state index in [1.165, 1.54) is 0 Å². The van der Waals surface area contributed by atoms with Crippen molar-refractivity contribution in [2.75, 3.05) is 0 Å². The fraction of sp³-hybridized carbons (Fsp3) is 0. The van der Waals surface area contributed by atoms with E-state index in [1.807, 2.05) is 0 Å². The van der Waals surface area contributed by atoms with E-state index in [0.29, 0.717) is 0 Å². The lowest BCUT2D eigenvalue weighted by Gasteiger charge is -1.87. The molecular weight excluding hydrogens is 172 g/mol. The van der Waals surface area contributed by atoms with Gasteiger partial charge in [-0.3, -0.25) is 0 Å². The highest BCUT2D eigenvalue weighted by atomic mass is 16.6. The Morgan fingerprint density at radius 2 is 1.83 bits per heavy atom. The van der Waals surface area contributed by atoms with Gasteiger partial charge in [-0.15, -0.1) is 0 Å². The maximum Gasteiger partial charge on any atom is 0.489 e. The van der Waals surface area contributed by atoms with Gasteiger partial charge >= 0.3 is 11.6 Å². The number of H-pyrrole nitrogens is 1. The summed E-state index contributed by atoms with van der Waals surface area (Å²) in [5.41, 5.74) is 0. The van der Waals surface area contributed by atoms with E-state index in [-0.39, 0.29) is 6.15 Å². The molecule has 12 heavy (non-hydrogen) atoms. The predicted molar refractivity (Wildman–Crippen MR) is 34.7 cm³/mol. The SMILES string of the molecule is N.O=[N+]([O-])c1nn[nH]c1[N+](=O)[O-]. The molecule has 0 fully saturated rings. The fourth-order valence-corrected chi connectivity index (χ4v) is 0.463. The van der Waals surface area contributed by atoms with E-state index >= 15 is 0 Å². The van der Waals surface area contributed by atoms with Crippen LogP contribution in [0.4, 0.5) is 11.6 Å². The highest BCUT2D eigenvalue weighted by molar-refractivity contribution is 5.36. The quantitative estimate of drug-likeness (QED) is 0.464. The Morgan fingerprint density at radius 3 is 2.17 bits per heavy atom. The van der Waals surface area contributed by atoms with Gasteiger partial charge in [-0.25, -0.2) is 0 Å². The third-order valence-corrected chi connectivity index (χ3v) is 0.868. The number of aromatic amines is 1. The number of nitro groups is 2. The molecule has 66 valence electrons. The van der Waals surface area contributed by atoms with E-state index in [4.69, 9.17) is 0 Å². The molecule has 4 N–H and O–H groups in total. The third-order valence-electron chi connectivity index (χ3n) is 0.868. The van der Waals surface area contributed by atoms with Crippen LogP contribution in [0.15, 0.2) is 0 Å². The number of hydrogen-bond acceptors (Lipinski definition) is 7. The lowest BCUT2D eigenvalue weighted by Crippen LogP contribution is -1.94. The Kier molecular flexibility index (Phi) is 2.75. The minimum Gasteiger partial charge on any atom is -0.358 e. The van der Waals surface area contributed by atoms with Crippen LogP contribution in [0.1, 0.15) is 0 Å². The van der Waals surface area contributed by atoms with Gasteiger partial charge in [0, 0.05) is 0 Å². The molecule has 0 unspecified atom stereocenters. The van der Waals surface area contributed by atoms with Gasteiger partial charge in [0.05, 0.1) is 0 Å². The van der Waals surface area contributed by atoms with E-state index < -0.39 is 21.5 Å². The normalized spacial score (nSPS) is 8.67. The molecule has 0 aliphatic carbocycles. The molecule has 1 aromatic heterocycles. The first-order chi connectivity index (χ1) is 5.13. The first kappa shape index (κ1) is 9.90. The van der Waals surface area contributed by atoms with Gasteiger partial charge < -0.3 is 26.4 Å². The van der Waals surface area contributed by atoms with Crippen LogP contribution in [0.5, 0.6) is 0 Å². The van der Waals surface area contributed by atoms with Crippen molar-refractivity contribution in [1.82, 2.24) is 21.6 Å². The summed E-state index contributed by atoms with van der Waals surface area (Å²) in [6.45, 7) is 0. The van der Waals surface area contributed by atoms with Crippen molar-refractivity contribution in [3.8, 4) is 0 Å². The van der Waals surface area contributed by atoms with E-state index in [9.17, 15) is 20.2 Å². The average molecular weight is 176 g/mol. The smallest absolute Gasteiger partial charge is 0.358 e. The molecule has 0 amide bonds. The lowest BCUT2D eigenvalue weighted by atomic mass is 10.7. The van der Waals surface area contributed by atoms with Crippen molar-refractivity contribution >= 4 is 11.6 Å². The Balaban J connectivity index is 0.00000121. The maximum absolute atomic E-state index is 9.98. The van der Waals surface area contributed by atoms with Crippen LogP contribution in [-0.4, -0.2) is 25.3 Å². The lowest BCUT2D eigenvalue weighted by molar-refractivity contribution is -0.427. The molecule has 1 heterocycles. The van der Waals surface area contributed by atoms with Crippen LogP contribution in [0.2, 0.25) is 0 Å². The summed E-state index contributed by atoms with van der Waals surface area (Å²) in [4.78, 5) is 18.0. The minimum atomic E-state index is -0.984. The Labute approximate surface area is 64.5 Å². The van der Waals surface area contributed by atoms with Gasteiger partial charge in [0.1, 0.15) is 10.3 Å². The molecule has 10 nitrogen and oxygen atoms in total. The van der Waals surface area contributed by atoms with Crippen molar-refractivity contribution in [3.05, 3.63) is 20.2 Å². The van der Waals surface area contributed by atoms with Gasteiger partial charge in [0.2, 0.25) is 0 Å². The standard InChI is InChI=1S/C2HN5O4.H3N/c8-6(9)1-2(7(10)11)4-5-3-1;/h(H,3,4,5);1H3. The third kappa shape index (κ3) is 1.49. The number of nitrogens with one attached hydrogen (secondary N) is 1. The molecule has 10 heteroatoms. The second-order valence-electron chi connectivity index (χ2n) is 1.50. The van der Waals surface area contributed by atoms with Gasteiger partial charge in [-0.1, -0.05) is 5.10 Å². The van der Waals surface area contributed by atoms with Crippen LogP contribution in [0.25, 0.3) is 0 Å². The van der Waals surface area contributed by atoms with Crippen molar-refractivity contribution in [2.45, 2.75) is 0 Å². The topological polar surface area (TPSA) is 163 Å². The van der Waals surface area contributed by atoms with Crippen LogP contribution in [-0.2, 0) is 0 Å². The van der Waals surface area contributed by atoms with Crippen LogP contribution in [0.3, 0.4) is 0 Å². The largest absolute Gasteiger partial charge is 0.489 e. The Hall–Kier alpha value is -2.10. The predicted octanol–water partition coefficient (Wildman–Crippen LogP) is -0.217. The highest BCUT2D eigenvalue weighted by Gasteiger charge is 2.28. The van der Waals surface area contributed by atoms with Crippen LogP contribution in [0, 0.1) is 20.2 Å². The summed E-state index contributed by atoms with van der Waals surface area (Å²) in [5.74, 6) is -1.69. The summed E-state index contributed by atoms with van der Waals surface area (Å²) >= 11 is 0. The van der Waals surface area contributed by atoms with Gasteiger partial charge in [-0.2, -0.15) is 0 Å². The van der Waals surface area contributed by atoms with E-state index in [0.717, 1.165) is 0 Å². The first-order valence-electron chi connectivity index (χ1n) is 2.32. The molecule has 0 saturated carbocycles. The van der Waals surface area contributed by atoms with Crippen molar-refractivity contribution < 1.29 is 9.85 Å².